The minimum Gasteiger partial charge on any atom is -0.477 e. The van der Waals surface area contributed by atoms with Crippen LogP contribution in [-0.2, 0) is 0 Å². The van der Waals surface area contributed by atoms with E-state index in [1.807, 2.05) is 13.8 Å². The molecular weight excluding hydrogens is 246 g/mol. The molecule has 0 saturated heterocycles. The number of carboxylic acids is 1. The molecule has 1 aromatic heterocycles. The summed E-state index contributed by atoms with van der Waals surface area (Å²) in [5.41, 5.74) is 0.770. The fraction of sp³-hybridized carbons (Fsp3) is 0.714. The van der Waals surface area contributed by atoms with E-state index in [0.717, 1.165) is 10.7 Å². The Kier molecular flexibility index (Phi) is 4.38. The molecule has 1 saturated carbocycles. The molecule has 0 unspecified atom stereocenters. The van der Waals surface area contributed by atoms with Crippen LogP contribution < -0.4 is 0 Å². The predicted molar refractivity (Wildman–Crippen MR) is 73.6 cm³/mol. The highest BCUT2D eigenvalue weighted by atomic mass is 32.1. The van der Waals surface area contributed by atoms with E-state index >= 15 is 0 Å². The Labute approximate surface area is 112 Å². The molecule has 0 atom stereocenters. The standard InChI is InChI=1S/C14H21NO2S/c1-9(2)11-12(14(16)17)18-13(15-11)10-7-5-3-4-6-8-10/h9-10H,3-8H2,1-2H3,(H,16,17). The molecule has 1 heterocycles. The first-order chi connectivity index (χ1) is 8.59. The van der Waals surface area contributed by atoms with Crippen molar-refractivity contribution in [2.24, 2.45) is 0 Å². The number of hydrogen-bond donors (Lipinski definition) is 1. The topological polar surface area (TPSA) is 50.2 Å². The van der Waals surface area contributed by atoms with Crippen LogP contribution in [0, 0.1) is 0 Å². The van der Waals surface area contributed by atoms with E-state index in [4.69, 9.17) is 0 Å². The smallest absolute Gasteiger partial charge is 0.347 e. The Hall–Kier alpha value is -0.900. The molecule has 2 rings (SSSR count). The second-order valence-electron chi connectivity index (χ2n) is 5.41. The molecule has 18 heavy (non-hydrogen) atoms. The summed E-state index contributed by atoms with van der Waals surface area (Å²) >= 11 is 1.40. The molecule has 1 aromatic rings. The average Bonchev–Trinajstić information content (AvgIpc) is 2.59. The van der Waals surface area contributed by atoms with Gasteiger partial charge >= 0.3 is 5.97 Å². The van der Waals surface area contributed by atoms with Gasteiger partial charge in [0.15, 0.2) is 0 Å². The second kappa shape index (κ2) is 5.83. The molecule has 0 aromatic carbocycles. The summed E-state index contributed by atoms with van der Waals surface area (Å²) in [6.07, 6.45) is 7.47. The van der Waals surface area contributed by atoms with Crippen molar-refractivity contribution in [2.45, 2.75) is 64.2 Å². The number of aromatic carboxylic acids is 1. The van der Waals surface area contributed by atoms with Gasteiger partial charge in [-0.25, -0.2) is 9.78 Å². The maximum atomic E-state index is 11.3. The van der Waals surface area contributed by atoms with E-state index in [1.165, 1.54) is 49.9 Å². The van der Waals surface area contributed by atoms with E-state index < -0.39 is 5.97 Å². The van der Waals surface area contributed by atoms with Gasteiger partial charge in [0.05, 0.1) is 10.7 Å². The largest absolute Gasteiger partial charge is 0.477 e. The first-order valence-electron chi connectivity index (χ1n) is 6.83. The van der Waals surface area contributed by atoms with Crippen molar-refractivity contribution in [3.8, 4) is 0 Å². The molecule has 0 aliphatic heterocycles. The van der Waals surface area contributed by atoms with Crippen LogP contribution in [-0.4, -0.2) is 16.1 Å². The van der Waals surface area contributed by atoms with Crippen molar-refractivity contribution in [3.63, 3.8) is 0 Å². The summed E-state index contributed by atoms with van der Waals surface area (Å²) in [5.74, 6) is -0.147. The number of hydrogen-bond acceptors (Lipinski definition) is 3. The molecule has 0 amide bonds. The lowest BCUT2D eigenvalue weighted by Crippen LogP contribution is -2.01. The van der Waals surface area contributed by atoms with Crippen LogP contribution in [0.1, 0.15) is 84.6 Å². The van der Waals surface area contributed by atoms with E-state index in [-0.39, 0.29) is 5.92 Å². The number of aromatic nitrogens is 1. The Balaban J connectivity index is 2.27. The predicted octanol–water partition coefficient (Wildman–Crippen LogP) is 4.40. The molecule has 0 radical (unpaired) electrons. The van der Waals surface area contributed by atoms with E-state index in [0.29, 0.717) is 10.8 Å². The quantitative estimate of drug-likeness (QED) is 0.826. The van der Waals surface area contributed by atoms with Gasteiger partial charge in [-0.2, -0.15) is 0 Å². The van der Waals surface area contributed by atoms with Gasteiger partial charge in [-0.05, 0) is 18.8 Å². The van der Waals surface area contributed by atoms with Crippen molar-refractivity contribution >= 4 is 17.3 Å². The monoisotopic (exact) mass is 267 g/mol. The Bertz CT molecular complexity index is 417. The van der Waals surface area contributed by atoms with E-state index in [9.17, 15) is 9.90 Å². The maximum absolute atomic E-state index is 11.3. The minimum atomic E-state index is -0.823. The lowest BCUT2D eigenvalue weighted by atomic mass is 10.0. The summed E-state index contributed by atoms with van der Waals surface area (Å²) in [6.45, 7) is 4.02. The Morgan fingerprint density at radius 3 is 2.33 bits per heavy atom. The third-order valence-corrected chi connectivity index (χ3v) is 4.84. The Morgan fingerprint density at radius 2 is 1.89 bits per heavy atom. The highest BCUT2D eigenvalue weighted by Crippen LogP contribution is 2.36. The highest BCUT2D eigenvalue weighted by molar-refractivity contribution is 7.13. The van der Waals surface area contributed by atoms with Crippen LogP contribution in [0.5, 0.6) is 0 Å². The lowest BCUT2D eigenvalue weighted by molar-refractivity contribution is 0.0700. The number of nitrogens with zero attached hydrogens (tertiary/aromatic N) is 1. The zero-order valence-electron chi connectivity index (χ0n) is 11.1. The van der Waals surface area contributed by atoms with Crippen LogP contribution in [0.25, 0.3) is 0 Å². The van der Waals surface area contributed by atoms with Crippen LogP contribution in [0.2, 0.25) is 0 Å². The van der Waals surface area contributed by atoms with Gasteiger partial charge < -0.3 is 5.11 Å². The molecule has 1 aliphatic carbocycles. The first-order valence-corrected chi connectivity index (χ1v) is 7.65. The summed E-state index contributed by atoms with van der Waals surface area (Å²) < 4.78 is 0. The highest BCUT2D eigenvalue weighted by Gasteiger charge is 2.24. The van der Waals surface area contributed by atoms with Gasteiger partial charge in [-0.3, -0.25) is 0 Å². The summed E-state index contributed by atoms with van der Waals surface area (Å²) in [6, 6.07) is 0. The first kappa shape index (κ1) is 13.5. The molecule has 1 fully saturated rings. The zero-order chi connectivity index (χ0) is 13.1. The fourth-order valence-electron chi connectivity index (χ4n) is 2.59. The average molecular weight is 267 g/mol. The number of carboxylic acid groups (broad SMARTS) is 1. The molecule has 4 heteroatoms. The SMILES string of the molecule is CC(C)c1nc(C2CCCCCC2)sc1C(=O)O. The molecule has 3 nitrogen and oxygen atoms in total. The van der Waals surface area contributed by atoms with Crippen LogP contribution in [0.3, 0.4) is 0 Å². The summed E-state index contributed by atoms with van der Waals surface area (Å²) in [5, 5.41) is 10.3. The van der Waals surface area contributed by atoms with Gasteiger partial charge in [0, 0.05) is 5.92 Å². The van der Waals surface area contributed by atoms with Gasteiger partial charge in [0.1, 0.15) is 4.88 Å². The van der Waals surface area contributed by atoms with Crippen molar-refractivity contribution in [1.82, 2.24) is 4.98 Å². The van der Waals surface area contributed by atoms with Crippen molar-refractivity contribution in [1.29, 1.82) is 0 Å². The second-order valence-corrected chi connectivity index (χ2v) is 6.45. The third kappa shape index (κ3) is 2.91. The normalized spacial score (nSPS) is 17.9. The van der Waals surface area contributed by atoms with Crippen molar-refractivity contribution in [2.75, 3.05) is 0 Å². The lowest BCUT2D eigenvalue weighted by Gasteiger charge is -2.09. The zero-order valence-corrected chi connectivity index (χ0v) is 11.9. The minimum absolute atomic E-state index is 0.187. The van der Waals surface area contributed by atoms with Crippen LogP contribution in [0.4, 0.5) is 0 Å². The van der Waals surface area contributed by atoms with Crippen molar-refractivity contribution < 1.29 is 9.90 Å². The number of rotatable bonds is 3. The van der Waals surface area contributed by atoms with E-state index in [1.54, 1.807) is 0 Å². The molecule has 0 bridgehead atoms. The van der Waals surface area contributed by atoms with E-state index in [2.05, 4.69) is 4.98 Å². The van der Waals surface area contributed by atoms with Gasteiger partial charge in [-0.1, -0.05) is 39.5 Å². The van der Waals surface area contributed by atoms with Gasteiger partial charge in [-0.15, -0.1) is 11.3 Å². The van der Waals surface area contributed by atoms with Crippen LogP contribution in [0.15, 0.2) is 0 Å². The molecule has 0 spiro atoms. The van der Waals surface area contributed by atoms with Crippen LogP contribution >= 0.6 is 11.3 Å². The summed E-state index contributed by atoms with van der Waals surface area (Å²) in [7, 11) is 0. The maximum Gasteiger partial charge on any atom is 0.347 e. The van der Waals surface area contributed by atoms with Gasteiger partial charge in [0.25, 0.3) is 0 Å². The molecular formula is C14H21NO2S. The fourth-order valence-corrected chi connectivity index (χ4v) is 3.82. The van der Waals surface area contributed by atoms with Gasteiger partial charge in [0.2, 0.25) is 0 Å². The molecule has 100 valence electrons. The molecule has 1 aliphatic rings. The number of carbonyl (C=O) groups is 1. The Morgan fingerprint density at radius 1 is 1.28 bits per heavy atom. The number of thiazole rings is 1. The molecule has 1 N–H and O–H groups in total. The van der Waals surface area contributed by atoms with Crippen molar-refractivity contribution in [3.05, 3.63) is 15.6 Å². The third-order valence-electron chi connectivity index (χ3n) is 3.62. The summed E-state index contributed by atoms with van der Waals surface area (Å²) in [4.78, 5) is 16.3.